The SMILES string of the molecule is CCn1c2ccccc2c2nnc(SCC(=O)N(C)Cc3cccc(OC)c3)nc21. The molecule has 8 heteroatoms. The molecule has 0 saturated carbocycles. The van der Waals surface area contributed by atoms with Crippen molar-refractivity contribution in [2.75, 3.05) is 19.9 Å². The van der Waals surface area contributed by atoms with Crippen molar-refractivity contribution >= 4 is 39.7 Å². The van der Waals surface area contributed by atoms with Crippen LogP contribution in [0.5, 0.6) is 5.75 Å². The van der Waals surface area contributed by atoms with Gasteiger partial charge in [0.1, 0.15) is 11.3 Å². The van der Waals surface area contributed by atoms with Crippen molar-refractivity contribution in [2.24, 2.45) is 0 Å². The van der Waals surface area contributed by atoms with E-state index in [0.717, 1.165) is 39.9 Å². The van der Waals surface area contributed by atoms with Crippen LogP contribution in [-0.4, -0.2) is 50.5 Å². The highest BCUT2D eigenvalue weighted by Gasteiger charge is 2.16. The van der Waals surface area contributed by atoms with Gasteiger partial charge in [0.05, 0.1) is 18.4 Å². The molecule has 0 N–H and O–H groups in total. The molecule has 2 heterocycles. The van der Waals surface area contributed by atoms with E-state index >= 15 is 0 Å². The Labute approximate surface area is 179 Å². The Morgan fingerprint density at radius 1 is 1.17 bits per heavy atom. The van der Waals surface area contributed by atoms with Crippen LogP contribution in [0, 0.1) is 0 Å². The van der Waals surface area contributed by atoms with Crippen molar-refractivity contribution in [3.05, 3.63) is 54.1 Å². The van der Waals surface area contributed by atoms with Gasteiger partial charge >= 0.3 is 0 Å². The fourth-order valence-electron chi connectivity index (χ4n) is 3.44. The minimum Gasteiger partial charge on any atom is -0.497 e. The lowest BCUT2D eigenvalue weighted by Gasteiger charge is -2.17. The molecule has 0 aliphatic heterocycles. The Morgan fingerprint density at radius 2 is 2.00 bits per heavy atom. The number of rotatable bonds is 7. The van der Waals surface area contributed by atoms with Crippen molar-refractivity contribution < 1.29 is 9.53 Å². The molecular formula is C22H23N5O2S. The van der Waals surface area contributed by atoms with Crippen LogP contribution in [0.4, 0.5) is 0 Å². The van der Waals surface area contributed by atoms with E-state index in [0.29, 0.717) is 11.7 Å². The van der Waals surface area contributed by atoms with Gasteiger partial charge in [0.15, 0.2) is 5.65 Å². The molecule has 4 aromatic rings. The number of hydrogen-bond acceptors (Lipinski definition) is 6. The van der Waals surface area contributed by atoms with Crippen molar-refractivity contribution in [1.29, 1.82) is 0 Å². The summed E-state index contributed by atoms with van der Waals surface area (Å²) < 4.78 is 7.37. The Balaban J connectivity index is 1.47. The standard InChI is InChI=1S/C22H23N5O2S/c1-4-27-18-11-6-5-10-17(18)20-21(27)23-22(25-24-20)30-14-19(28)26(2)13-15-8-7-9-16(12-15)29-3/h5-12H,4,13-14H2,1-3H3. The van der Waals surface area contributed by atoms with Crippen LogP contribution in [0.2, 0.25) is 0 Å². The summed E-state index contributed by atoms with van der Waals surface area (Å²) in [5.74, 6) is 1.03. The van der Waals surface area contributed by atoms with Gasteiger partial charge < -0.3 is 14.2 Å². The van der Waals surface area contributed by atoms with Gasteiger partial charge in [0.25, 0.3) is 0 Å². The number of thioether (sulfide) groups is 1. The minimum atomic E-state index is 0.00236. The molecule has 0 radical (unpaired) electrons. The first-order valence-electron chi connectivity index (χ1n) is 9.72. The number of fused-ring (bicyclic) bond motifs is 3. The number of carbonyl (C=O) groups excluding carboxylic acids is 1. The number of aromatic nitrogens is 4. The molecular weight excluding hydrogens is 398 g/mol. The third kappa shape index (κ3) is 3.95. The van der Waals surface area contributed by atoms with Gasteiger partial charge in [0.2, 0.25) is 11.1 Å². The van der Waals surface area contributed by atoms with E-state index in [4.69, 9.17) is 4.74 Å². The van der Waals surface area contributed by atoms with Crippen molar-refractivity contribution in [2.45, 2.75) is 25.2 Å². The van der Waals surface area contributed by atoms with E-state index in [9.17, 15) is 4.79 Å². The first-order chi connectivity index (χ1) is 14.6. The van der Waals surface area contributed by atoms with E-state index in [1.807, 2.05) is 42.5 Å². The Kier molecular flexibility index (Phi) is 5.85. The molecule has 0 atom stereocenters. The number of hydrogen-bond donors (Lipinski definition) is 0. The second-order valence-corrected chi connectivity index (χ2v) is 7.86. The average molecular weight is 422 g/mol. The zero-order valence-corrected chi connectivity index (χ0v) is 18.0. The van der Waals surface area contributed by atoms with Crippen LogP contribution in [0.1, 0.15) is 12.5 Å². The van der Waals surface area contributed by atoms with Crippen LogP contribution in [0.25, 0.3) is 22.1 Å². The number of nitrogens with zero attached hydrogens (tertiary/aromatic N) is 5. The first-order valence-corrected chi connectivity index (χ1v) is 10.7. The molecule has 154 valence electrons. The van der Waals surface area contributed by atoms with E-state index in [1.165, 1.54) is 11.8 Å². The highest BCUT2D eigenvalue weighted by atomic mass is 32.2. The summed E-state index contributed by atoms with van der Waals surface area (Å²) in [7, 11) is 3.42. The summed E-state index contributed by atoms with van der Waals surface area (Å²) in [4.78, 5) is 19.0. The van der Waals surface area contributed by atoms with Crippen LogP contribution in [-0.2, 0) is 17.9 Å². The van der Waals surface area contributed by atoms with E-state index in [2.05, 4.69) is 32.7 Å². The van der Waals surface area contributed by atoms with Crippen LogP contribution < -0.4 is 4.74 Å². The van der Waals surface area contributed by atoms with Gasteiger partial charge in [-0.15, -0.1) is 10.2 Å². The molecule has 4 rings (SSSR count). The summed E-state index contributed by atoms with van der Waals surface area (Å²) in [5.41, 5.74) is 3.70. The van der Waals surface area contributed by atoms with Gasteiger partial charge in [-0.05, 0) is 30.7 Å². The van der Waals surface area contributed by atoms with Gasteiger partial charge in [-0.3, -0.25) is 4.79 Å². The fraction of sp³-hybridized carbons (Fsp3) is 0.273. The van der Waals surface area contributed by atoms with Gasteiger partial charge in [-0.1, -0.05) is 42.1 Å². The summed E-state index contributed by atoms with van der Waals surface area (Å²) in [6, 6.07) is 15.8. The number of ether oxygens (including phenoxy) is 1. The van der Waals surface area contributed by atoms with Crippen LogP contribution >= 0.6 is 11.8 Å². The second-order valence-electron chi connectivity index (χ2n) is 6.92. The molecule has 1 amide bonds. The molecule has 0 aliphatic rings. The number of para-hydroxylation sites is 1. The summed E-state index contributed by atoms with van der Waals surface area (Å²) in [5, 5.41) is 10.2. The lowest BCUT2D eigenvalue weighted by atomic mass is 10.2. The fourth-order valence-corrected chi connectivity index (χ4v) is 4.16. The van der Waals surface area contributed by atoms with Crippen molar-refractivity contribution in [1.82, 2.24) is 24.6 Å². The maximum atomic E-state index is 12.6. The summed E-state index contributed by atoms with van der Waals surface area (Å²) >= 11 is 1.31. The molecule has 0 unspecified atom stereocenters. The highest BCUT2D eigenvalue weighted by molar-refractivity contribution is 7.99. The molecule has 0 saturated heterocycles. The van der Waals surface area contributed by atoms with Gasteiger partial charge in [0, 0.05) is 25.5 Å². The quantitative estimate of drug-likeness (QED) is 0.423. The molecule has 2 aromatic heterocycles. The molecule has 2 aromatic carbocycles. The van der Waals surface area contributed by atoms with Crippen molar-refractivity contribution in [3.8, 4) is 5.75 Å². The summed E-state index contributed by atoms with van der Waals surface area (Å²) in [6.07, 6.45) is 0. The van der Waals surface area contributed by atoms with Crippen LogP contribution in [0.3, 0.4) is 0 Å². The number of benzene rings is 2. The maximum Gasteiger partial charge on any atom is 0.233 e. The smallest absolute Gasteiger partial charge is 0.233 e. The predicted molar refractivity (Wildman–Crippen MR) is 119 cm³/mol. The Bertz CT molecular complexity index is 1210. The maximum absolute atomic E-state index is 12.6. The Hall–Kier alpha value is -3.13. The number of aryl methyl sites for hydroxylation is 1. The lowest BCUT2D eigenvalue weighted by Crippen LogP contribution is -2.27. The zero-order chi connectivity index (χ0) is 21.1. The third-order valence-electron chi connectivity index (χ3n) is 4.98. The molecule has 0 aliphatic carbocycles. The monoisotopic (exact) mass is 421 g/mol. The largest absolute Gasteiger partial charge is 0.497 e. The second kappa shape index (κ2) is 8.71. The number of carbonyl (C=O) groups is 1. The minimum absolute atomic E-state index is 0.00236. The highest BCUT2D eigenvalue weighted by Crippen LogP contribution is 2.27. The number of methoxy groups -OCH3 is 1. The van der Waals surface area contributed by atoms with Crippen LogP contribution in [0.15, 0.2) is 53.7 Å². The molecule has 0 fully saturated rings. The average Bonchev–Trinajstić information content (AvgIpc) is 3.10. The first kappa shape index (κ1) is 20.2. The molecule has 0 spiro atoms. The molecule has 0 bridgehead atoms. The van der Waals surface area contributed by atoms with E-state index < -0.39 is 0 Å². The zero-order valence-electron chi connectivity index (χ0n) is 17.2. The van der Waals surface area contributed by atoms with Crippen molar-refractivity contribution in [3.63, 3.8) is 0 Å². The normalized spacial score (nSPS) is 11.2. The topological polar surface area (TPSA) is 73.1 Å². The predicted octanol–water partition coefficient (Wildman–Crippen LogP) is 3.76. The molecule has 30 heavy (non-hydrogen) atoms. The summed E-state index contributed by atoms with van der Waals surface area (Å²) in [6.45, 7) is 3.38. The third-order valence-corrected chi connectivity index (χ3v) is 5.80. The van der Waals surface area contributed by atoms with E-state index in [1.54, 1.807) is 19.1 Å². The Morgan fingerprint density at radius 3 is 2.80 bits per heavy atom. The van der Waals surface area contributed by atoms with E-state index in [-0.39, 0.29) is 11.7 Å². The lowest BCUT2D eigenvalue weighted by molar-refractivity contribution is -0.127. The van der Waals surface area contributed by atoms with Gasteiger partial charge in [-0.25, -0.2) is 4.98 Å². The number of amides is 1. The molecule has 7 nitrogen and oxygen atoms in total. The van der Waals surface area contributed by atoms with Gasteiger partial charge in [-0.2, -0.15) is 0 Å².